The van der Waals surface area contributed by atoms with Crippen LogP contribution in [0.2, 0.25) is 10.0 Å². The summed E-state index contributed by atoms with van der Waals surface area (Å²) in [7, 11) is 0. The number of nitrogens with two attached hydrogens (primary N) is 1. The molecule has 0 saturated carbocycles. The van der Waals surface area contributed by atoms with E-state index in [1.165, 1.54) is 0 Å². The van der Waals surface area contributed by atoms with Gasteiger partial charge in [0.25, 0.3) is 0 Å². The monoisotopic (exact) mass is 323 g/mol. The van der Waals surface area contributed by atoms with E-state index in [0.29, 0.717) is 27.2 Å². The van der Waals surface area contributed by atoms with Crippen LogP contribution in [-0.4, -0.2) is 15.2 Å². The minimum atomic E-state index is -0.125. The molecule has 0 saturated heterocycles. The number of rotatable bonds is 2. The van der Waals surface area contributed by atoms with Crippen molar-refractivity contribution in [2.75, 3.05) is 11.1 Å². The number of hydrogen-bond acceptors (Lipinski definition) is 4. The van der Waals surface area contributed by atoms with Crippen molar-refractivity contribution >= 4 is 40.8 Å². The lowest BCUT2D eigenvalue weighted by Crippen LogP contribution is -1.99. The average Bonchev–Trinajstić information content (AvgIpc) is 2.72. The molecule has 21 heavy (non-hydrogen) atoms. The second-order valence-corrected chi connectivity index (χ2v) is 6.30. The number of benzene rings is 1. The van der Waals surface area contributed by atoms with Gasteiger partial charge in [0.2, 0.25) is 11.9 Å². The number of halogens is 2. The molecule has 0 aliphatic rings. The van der Waals surface area contributed by atoms with Crippen LogP contribution in [0.25, 0.3) is 0 Å². The van der Waals surface area contributed by atoms with Crippen molar-refractivity contribution in [1.29, 1.82) is 0 Å². The van der Waals surface area contributed by atoms with Gasteiger partial charge in [-0.05, 0) is 32.9 Å². The Hall–Kier alpha value is -1.90. The molecule has 1 aromatic heterocycles. The van der Waals surface area contributed by atoms with E-state index in [-0.39, 0.29) is 11.4 Å². The summed E-state index contributed by atoms with van der Waals surface area (Å²) in [5.41, 5.74) is 6.59. The van der Waals surface area contributed by atoms with E-state index in [1.807, 2.05) is 20.8 Å². The molecular formula is C14H15Cl2N5. The van der Waals surface area contributed by atoms with E-state index in [2.05, 4.69) is 32.3 Å². The van der Waals surface area contributed by atoms with Crippen molar-refractivity contribution in [3.05, 3.63) is 27.7 Å². The normalized spacial score (nSPS) is 10.9. The predicted molar refractivity (Wildman–Crippen MR) is 86.9 cm³/mol. The lowest BCUT2D eigenvalue weighted by Gasteiger charge is -2.09. The Kier molecular flexibility index (Phi) is 4.31. The molecule has 0 amide bonds. The zero-order chi connectivity index (χ0) is 15.6. The molecule has 0 radical (unpaired) electrons. The summed E-state index contributed by atoms with van der Waals surface area (Å²) in [6.45, 7) is 6.06. The van der Waals surface area contributed by atoms with Gasteiger partial charge in [-0.3, -0.25) is 0 Å². The minimum absolute atomic E-state index is 0.125. The Bertz CT molecular complexity index is 696. The van der Waals surface area contributed by atoms with E-state index in [0.717, 1.165) is 0 Å². The summed E-state index contributed by atoms with van der Waals surface area (Å²) in [5.74, 6) is 6.69. The lowest BCUT2D eigenvalue weighted by atomic mass is 9.97. The first kappa shape index (κ1) is 15.5. The summed E-state index contributed by atoms with van der Waals surface area (Å²) >= 11 is 12.5. The predicted octanol–water partition coefficient (Wildman–Crippen LogP) is 3.83. The summed E-state index contributed by atoms with van der Waals surface area (Å²) in [6.07, 6.45) is 0. The highest BCUT2D eigenvalue weighted by atomic mass is 35.5. The van der Waals surface area contributed by atoms with Gasteiger partial charge in [0.1, 0.15) is 0 Å². The maximum absolute atomic E-state index is 6.23. The third-order valence-electron chi connectivity index (χ3n) is 2.36. The molecule has 1 aromatic carbocycles. The molecule has 110 valence electrons. The molecule has 7 heteroatoms. The average molecular weight is 324 g/mol. The first-order valence-corrected chi connectivity index (χ1v) is 6.97. The van der Waals surface area contributed by atoms with E-state index in [1.54, 1.807) is 12.1 Å². The fourth-order valence-corrected chi connectivity index (χ4v) is 2.06. The lowest BCUT2D eigenvalue weighted by molar-refractivity contribution is 0.571. The maximum atomic E-state index is 6.23. The van der Waals surface area contributed by atoms with E-state index < -0.39 is 0 Å². The van der Waals surface area contributed by atoms with Crippen LogP contribution in [0.3, 0.4) is 0 Å². The van der Waals surface area contributed by atoms with Gasteiger partial charge in [-0.2, -0.15) is 4.98 Å². The number of nitrogen functional groups attached to an aromatic ring is 1. The van der Waals surface area contributed by atoms with Gasteiger partial charge in [-0.15, -0.1) is 5.10 Å². The summed E-state index contributed by atoms with van der Waals surface area (Å²) in [5, 5.41) is 10.3. The largest absolute Gasteiger partial charge is 0.368 e. The molecule has 0 aliphatic heterocycles. The maximum Gasteiger partial charge on any atom is 0.248 e. The van der Waals surface area contributed by atoms with Gasteiger partial charge in [0, 0.05) is 11.1 Å². The van der Waals surface area contributed by atoms with E-state index in [4.69, 9.17) is 28.9 Å². The van der Waals surface area contributed by atoms with Crippen LogP contribution < -0.4 is 11.1 Å². The van der Waals surface area contributed by atoms with Gasteiger partial charge in [0.05, 0.1) is 15.6 Å². The smallest absolute Gasteiger partial charge is 0.248 e. The van der Waals surface area contributed by atoms with Gasteiger partial charge in [-0.25, -0.2) is 5.10 Å². The first-order valence-electron chi connectivity index (χ1n) is 6.22. The molecule has 0 aliphatic carbocycles. The number of hydrogen-bond donors (Lipinski definition) is 3. The summed E-state index contributed by atoms with van der Waals surface area (Å²) in [4.78, 5) is 3.94. The molecule has 0 spiro atoms. The van der Waals surface area contributed by atoms with Gasteiger partial charge >= 0.3 is 0 Å². The molecular weight excluding hydrogens is 309 g/mol. The molecule has 2 aromatic rings. The van der Waals surface area contributed by atoms with Crippen LogP contribution in [-0.2, 0) is 0 Å². The second-order valence-electron chi connectivity index (χ2n) is 5.48. The molecule has 0 bridgehead atoms. The highest BCUT2D eigenvalue weighted by Crippen LogP contribution is 2.30. The van der Waals surface area contributed by atoms with Crippen LogP contribution >= 0.6 is 23.2 Å². The summed E-state index contributed by atoms with van der Waals surface area (Å²) < 4.78 is 0. The zero-order valence-electron chi connectivity index (χ0n) is 11.9. The number of anilines is 3. The second kappa shape index (κ2) is 5.84. The van der Waals surface area contributed by atoms with Gasteiger partial charge < -0.3 is 11.1 Å². The van der Waals surface area contributed by atoms with E-state index in [9.17, 15) is 0 Å². The number of aromatic nitrogens is 3. The van der Waals surface area contributed by atoms with Gasteiger partial charge in [0.15, 0.2) is 0 Å². The van der Waals surface area contributed by atoms with E-state index >= 15 is 0 Å². The standard InChI is InChI=1S/C14H15Cl2N5/c1-14(2,3)5-4-9-10(15)6-8(7-11(9)16)18-13-19-12(17)20-21-13/h6-7H,1-3H3,(H4,17,18,19,20,21). The van der Waals surface area contributed by atoms with Crippen molar-refractivity contribution in [2.45, 2.75) is 20.8 Å². The topological polar surface area (TPSA) is 79.6 Å². The molecule has 0 atom stereocenters. The summed E-state index contributed by atoms with van der Waals surface area (Å²) in [6, 6.07) is 3.43. The Morgan fingerprint density at radius 1 is 1.24 bits per heavy atom. The Morgan fingerprint density at radius 2 is 1.86 bits per heavy atom. The quantitative estimate of drug-likeness (QED) is 0.733. The SMILES string of the molecule is CC(C)(C)C#Cc1c(Cl)cc(Nc2n[nH]c(N)n2)cc1Cl. The van der Waals surface area contributed by atoms with Crippen molar-refractivity contribution < 1.29 is 0 Å². The molecule has 0 unspecified atom stereocenters. The third-order valence-corrected chi connectivity index (χ3v) is 2.96. The number of H-pyrrole nitrogens is 1. The van der Waals surface area contributed by atoms with Crippen LogP contribution in [0.15, 0.2) is 12.1 Å². The van der Waals surface area contributed by atoms with Crippen molar-refractivity contribution in [1.82, 2.24) is 15.2 Å². The highest BCUT2D eigenvalue weighted by Gasteiger charge is 2.10. The highest BCUT2D eigenvalue weighted by molar-refractivity contribution is 6.37. The van der Waals surface area contributed by atoms with Crippen LogP contribution in [0.1, 0.15) is 26.3 Å². The number of nitrogens with zero attached hydrogens (tertiary/aromatic N) is 2. The number of nitrogens with one attached hydrogen (secondary N) is 2. The van der Waals surface area contributed by atoms with Gasteiger partial charge in [-0.1, -0.05) is 35.0 Å². The van der Waals surface area contributed by atoms with Crippen LogP contribution in [0.4, 0.5) is 17.6 Å². The molecule has 0 fully saturated rings. The van der Waals surface area contributed by atoms with Crippen LogP contribution in [0, 0.1) is 17.3 Å². The molecule has 2 rings (SSSR count). The molecule has 4 N–H and O–H groups in total. The first-order chi connectivity index (χ1) is 9.74. The third kappa shape index (κ3) is 4.28. The fourth-order valence-electron chi connectivity index (χ4n) is 1.47. The molecule has 5 nitrogen and oxygen atoms in total. The molecule has 1 heterocycles. The van der Waals surface area contributed by atoms with Crippen molar-refractivity contribution in [3.63, 3.8) is 0 Å². The van der Waals surface area contributed by atoms with Crippen molar-refractivity contribution in [3.8, 4) is 11.8 Å². The number of aromatic amines is 1. The fraction of sp³-hybridized carbons (Fsp3) is 0.286. The zero-order valence-corrected chi connectivity index (χ0v) is 13.4. The minimum Gasteiger partial charge on any atom is -0.368 e. The van der Waals surface area contributed by atoms with Crippen molar-refractivity contribution in [2.24, 2.45) is 5.41 Å². The Morgan fingerprint density at radius 3 is 2.33 bits per heavy atom. The van der Waals surface area contributed by atoms with Crippen LogP contribution in [0.5, 0.6) is 0 Å². The Labute approximate surface area is 133 Å². The Balaban J connectivity index is 2.30.